The number of nitrogens with zero attached hydrogens (tertiary/aromatic N) is 1. The van der Waals surface area contributed by atoms with Gasteiger partial charge in [0.05, 0.1) is 30.4 Å². The highest BCUT2D eigenvalue weighted by Crippen LogP contribution is 2.25. The van der Waals surface area contributed by atoms with Crippen molar-refractivity contribution >= 4 is 29.0 Å². The first kappa shape index (κ1) is 14.8. The molecule has 1 aromatic heterocycles. The number of hydrogen-bond donors (Lipinski definition) is 3. The van der Waals surface area contributed by atoms with E-state index in [-0.39, 0.29) is 5.56 Å². The van der Waals surface area contributed by atoms with Gasteiger partial charge in [-0.25, -0.2) is 9.59 Å². The fourth-order valence-corrected chi connectivity index (χ4v) is 2.14. The van der Waals surface area contributed by atoms with Crippen LogP contribution in [0.5, 0.6) is 5.75 Å². The molecule has 0 radical (unpaired) electrons. The monoisotopic (exact) mass is 307 g/mol. The second-order valence-electron chi connectivity index (χ2n) is 4.00. The molecular weight excluding hydrogens is 294 g/mol. The molecule has 0 aliphatic heterocycles. The molecule has 110 valence electrons. The molecule has 8 heteroatoms. The number of carboxylic acids is 1. The van der Waals surface area contributed by atoms with Crippen molar-refractivity contribution in [1.82, 2.24) is 10.3 Å². The van der Waals surface area contributed by atoms with Crippen molar-refractivity contribution < 1.29 is 19.4 Å². The summed E-state index contributed by atoms with van der Waals surface area (Å²) < 4.78 is 5.09. The minimum absolute atomic E-state index is 0.0635. The Morgan fingerprint density at radius 3 is 2.86 bits per heavy atom. The van der Waals surface area contributed by atoms with Crippen LogP contribution in [0.4, 0.5) is 10.5 Å². The van der Waals surface area contributed by atoms with Crippen molar-refractivity contribution in [3.05, 3.63) is 40.3 Å². The number of aromatic nitrogens is 1. The van der Waals surface area contributed by atoms with E-state index in [4.69, 9.17) is 9.84 Å². The Morgan fingerprint density at radius 1 is 1.43 bits per heavy atom. The molecule has 21 heavy (non-hydrogen) atoms. The molecule has 0 fully saturated rings. The lowest BCUT2D eigenvalue weighted by atomic mass is 10.2. The smallest absolute Gasteiger partial charge is 0.335 e. The van der Waals surface area contributed by atoms with Gasteiger partial charge in [0.2, 0.25) is 0 Å². The van der Waals surface area contributed by atoms with Crippen LogP contribution in [-0.2, 0) is 6.54 Å². The van der Waals surface area contributed by atoms with Crippen LogP contribution in [0.3, 0.4) is 0 Å². The first-order valence-corrected chi connectivity index (χ1v) is 6.81. The number of aromatic carboxylic acids is 1. The lowest BCUT2D eigenvalue weighted by molar-refractivity contribution is 0.0697. The fourth-order valence-electron chi connectivity index (χ4n) is 1.60. The summed E-state index contributed by atoms with van der Waals surface area (Å²) >= 11 is 1.43. The highest BCUT2D eigenvalue weighted by molar-refractivity contribution is 7.09. The van der Waals surface area contributed by atoms with Gasteiger partial charge >= 0.3 is 12.0 Å². The van der Waals surface area contributed by atoms with Crippen LogP contribution in [0.2, 0.25) is 0 Å². The summed E-state index contributed by atoms with van der Waals surface area (Å²) in [7, 11) is 1.44. The van der Waals surface area contributed by atoms with Gasteiger partial charge in [-0.3, -0.25) is 4.98 Å². The number of anilines is 1. The van der Waals surface area contributed by atoms with Crippen LogP contribution >= 0.6 is 11.3 Å². The average Bonchev–Trinajstić information content (AvgIpc) is 2.98. The molecule has 0 unspecified atom stereocenters. The van der Waals surface area contributed by atoms with Crippen LogP contribution in [0.15, 0.2) is 29.9 Å². The maximum atomic E-state index is 11.8. The van der Waals surface area contributed by atoms with Crippen molar-refractivity contribution in [3.63, 3.8) is 0 Å². The molecule has 0 saturated carbocycles. The molecule has 0 aliphatic carbocycles. The number of carbonyl (C=O) groups is 2. The lowest BCUT2D eigenvalue weighted by Gasteiger charge is -2.11. The number of carbonyl (C=O) groups excluding carboxylic acids is 1. The van der Waals surface area contributed by atoms with E-state index < -0.39 is 12.0 Å². The van der Waals surface area contributed by atoms with Crippen LogP contribution in [0.1, 0.15) is 15.2 Å². The van der Waals surface area contributed by atoms with Crippen molar-refractivity contribution in [2.45, 2.75) is 6.54 Å². The zero-order chi connectivity index (χ0) is 15.2. The largest absolute Gasteiger partial charge is 0.495 e. The first-order chi connectivity index (χ1) is 10.1. The second-order valence-corrected chi connectivity index (χ2v) is 4.97. The van der Waals surface area contributed by atoms with Crippen LogP contribution in [0, 0.1) is 0 Å². The van der Waals surface area contributed by atoms with Gasteiger partial charge in [0.25, 0.3) is 0 Å². The third-order valence-electron chi connectivity index (χ3n) is 2.60. The lowest BCUT2D eigenvalue weighted by Crippen LogP contribution is -2.28. The summed E-state index contributed by atoms with van der Waals surface area (Å²) in [6.45, 7) is 0.345. The van der Waals surface area contributed by atoms with Gasteiger partial charge in [-0.05, 0) is 18.2 Å². The van der Waals surface area contributed by atoms with Crippen molar-refractivity contribution in [2.75, 3.05) is 12.4 Å². The molecular formula is C13H13N3O4S. The van der Waals surface area contributed by atoms with Crippen molar-refractivity contribution in [1.29, 1.82) is 0 Å². The van der Waals surface area contributed by atoms with E-state index >= 15 is 0 Å². The Balaban J connectivity index is 2.04. The molecule has 0 bridgehead atoms. The number of urea groups is 1. The van der Waals surface area contributed by atoms with E-state index in [1.165, 1.54) is 36.6 Å². The standard InChI is InChI=1S/C13H13N3O4S/c1-20-11-3-2-8(12(17)18)4-10(11)16-13(19)15-6-9-5-14-7-21-9/h2-5,7H,6H2,1H3,(H,17,18)(H2,15,16,19). The summed E-state index contributed by atoms with van der Waals surface area (Å²) in [6, 6.07) is 3.78. The van der Waals surface area contributed by atoms with Crippen molar-refractivity contribution in [3.8, 4) is 5.75 Å². The Kier molecular flexibility index (Phi) is 4.72. The summed E-state index contributed by atoms with van der Waals surface area (Å²) in [5.74, 6) is -0.696. The SMILES string of the molecule is COc1ccc(C(=O)O)cc1NC(=O)NCc1cncs1. The normalized spacial score (nSPS) is 9.95. The molecule has 2 aromatic rings. The Morgan fingerprint density at radius 2 is 2.24 bits per heavy atom. The fraction of sp³-hybridized carbons (Fsp3) is 0.154. The number of thiazole rings is 1. The number of hydrogen-bond acceptors (Lipinski definition) is 5. The molecule has 0 spiro atoms. The summed E-state index contributed by atoms with van der Waals surface area (Å²) in [6.07, 6.45) is 1.66. The van der Waals surface area contributed by atoms with E-state index in [9.17, 15) is 9.59 Å². The highest BCUT2D eigenvalue weighted by Gasteiger charge is 2.11. The third kappa shape index (κ3) is 3.93. The van der Waals surface area contributed by atoms with E-state index in [1.54, 1.807) is 11.7 Å². The topological polar surface area (TPSA) is 101 Å². The van der Waals surface area contributed by atoms with Gasteiger partial charge in [0, 0.05) is 11.1 Å². The van der Waals surface area contributed by atoms with Gasteiger partial charge < -0.3 is 20.5 Å². The Labute approximate surface area is 124 Å². The summed E-state index contributed by atoms with van der Waals surface area (Å²) in [5.41, 5.74) is 2.03. The van der Waals surface area contributed by atoms with Crippen molar-refractivity contribution in [2.24, 2.45) is 0 Å². The number of rotatable bonds is 5. The zero-order valence-electron chi connectivity index (χ0n) is 11.1. The summed E-state index contributed by atoms with van der Waals surface area (Å²) in [5, 5.41) is 14.2. The molecule has 0 atom stereocenters. The predicted octanol–water partition coefficient (Wildman–Crippen LogP) is 2.17. The predicted molar refractivity (Wildman–Crippen MR) is 77.9 cm³/mol. The third-order valence-corrected chi connectivity index (χ3v) is 3.38. The Hall–Kier alpha value is -2.61. The first-order valence-electron chi connectivity index (χ1n) is 5.93. The molecule has 7 nitrogen and oxygen atoms in total. The van der Waals surface area contributed by atoms with Gasteiger partial charge in [-0.1, -0.05) is 0 Å². The number of nitrogens with one attached hydrogen (secondary N) is 2. The average molecular weight is 307 g/mol. The van der Waals surface area contributed by atoms with E-state index in [2.05, 4.69) is 15.6 Å². The second kappa shape index (κ2) is 6.71. The zero-order valence-corrected chi connectivity index (χ0v) is 11.9. The summed E-state index contributed by atoms with van der Waals surface area (Å²) in [4.78, 5) is 27.6. The molecule has 0 aliphatic rings. The molecule has 1 aromatic carbocycles. The Bertz CT molecular complexity index is 643. The van der Waals surface area contributed by atoms with Gasteiger partial charge in [-0.15, -0.1) is 11.3 Å². The number of amides is 2. The van der Waals surface area contributed by atoms with Crippen LogP contribution in [0.25, 0.3) is 0 Å². The molecule has 1 heterocycles. The maximum absolute atomic E-state index is 11.8. The number of ether oxygens (including phenoxy) is 1. The van der Waals surface area contributed by atoms with E-state index in [0.717, 1.165) is 4.88 Å². The van der Waals surface area contributed by atoms with Crippen LogP contribution in [-0.4, -0.2) is 29.2 Å². The molecule has 2 amide bonds. The van der Waals surface area contributed by atoms with E-state index in [1.807, 2.05) is 0 Å². The highest BCUT2D eigenvalue weighted by atomic mass is 32.1. The number of methoxy groups -OCH3 is 1. The number of carboxylic acid groups (broad SMARTS) is 1. The minimum Gasteiger partial charge on any atom is -0.495 e. The van der Waals surface area contributed by atoms with Gasteiger partial charge in [0.15, 0.2) is 0 Å². The van der Waals surface area contributed by atoms with Gasteiger partial charge in [-0.2, -0.15) is 0 Å². The maximum Gasteiger partial charge on any atom is 0.335 e. The number of benzene rings is 1. The van der Waals surface area contributed by atoms with E-state index in [0.29, 0.717) is 18.0 Å². The van der Waals surface area contributed by atoms with Gasteiger partial charge in [0.1, 0.15) is 5.75 Å². The molecule has 3 N–H and O–H groups in total. The molecule has 2 rings (SSSR count). The van der Waals surface area contributed by atoms with Crippen LogP contribution < -0.4 is 15.4 Å². The minimum atomic E-state index is -1.08. The quantitative estimate of drug-likeness (QED) is 0.786. The molecule has 0 saturated heterocycles.